The zero-order valence-corrected chi connectivity index (χ0v) is 21.9. The van der Waals surface area contributed by atoms with Crippen molar-refractivity contribution in [3.63, 3.8) is 0 Å². The maximum absolute atomic E-state index is 14.3. The largest absolute Gasteiger partial charge is 0.386 e. The highest BCUT2D eigenvalue weighted by Gasteiger charge is 2.60. The molecule has 12 heteroatoms. The molecule has 39 heavy (non-hydrogen) atoms. The number of benzene rings is 2. The van der Waals surface area contributed by atoms with E-state index < -0.39 is 62.0 Å². The first-order valence-corrected chi connectivity index (χ1v) is 14.2. The van der Waals surface area contributed by atoms with Gasteiger partial charge in [-0.1, -0.05) is 11.6 Å². The molecule has 3 N–H and O–H groups in total. The summed E-state index contributed by atoms with van der Waals surface area (Å²) < 4.78 is 68.5. The van der Waals surface area contributed by atoms with Gasteiger partial charge in [-0.15, -0.1) is 0 Å². The highest BCUT2D eigenvalue weighted by atomic mass is 35.5. The second-order valence-electron chi connectivity index (χ2n) is 10.00. The third kappa shape index (κ3) is 4.82. The number of aliphatic hydroxyl groups is 2. The SMILES string of the molecule is O=C(Nc1ccc(F)c(F)c1)c1ccc(Cl)c(S(=O)(=O)C2CC3CC[C@@H](C2)C3(O)C(O)c2ncccc2F)c1. The summed E-state index contributed by atoms with van der Waals surface area (Å²) in [7, 11) is -4.11. The number of anilines is 1. The number of aromatic nitrogens is 1. The smallest absolute Gasteiger partial charge is 0.255 e. The monoisotopic (exact) mass is 580 g/mol. The normalized spacial score (nSPS) is 25.3. The molecular formula is C27H24ClF3N2O5S. The van der Waals surface area contributed by atoms with Crippen LogP contribution in [0.15, 0.2) is 59.6 Å². The fourth-order valence-electron chi connectivity index (χ4n) is 5.88. The fourth-order valence-corrected chi connectivity index (χ4v) is 8.28. The van der Waals surface area contributed by atoms with E-state index in [-0.39, 0.29) is 39.7 Å². The minimum absolute atomic E-state index is 0.0115. The molecule has 2 aromatic carbocycles. The van der Waals surface area contributed by atoms with Gasteiger partial charge < -0.3 is 15.5 Å². The van der Waals surface area contributed by atoms with Crippen LogP contribution in [0.5, 0.6) is 0 Å². The van der Waals surface area contributed by atoms with E-state index in [1.54, 1.807) is 0 Å². The van der Waals surface area contributed by atoms with Crippen LogP contribution in [-0.4, -0.2) is 40.4 Å². The summed E-state index contributed by atoms with van der Waals surface area (Å²) in [6, 6.07) is 8.98. The Hall–Kier alpha value is -2.99. The average Bonchev–Trinajstić information content (AvgIpc) is 3.06. The van der Waals surface area contributed by atoms with Crippen molar-refractivity contribution < 1.29 is 36.6 Å². The Kier molecular flexibility index (Phi) is 7.21. The lowest BCUT2D eigenvalue weighted by molar-refractivity contribution is -0.146. The van der Waals surface area contributed by atoms with Crippen molar-refractivity contribution in [2.75, 3.05) is 5.32 Å². The molecular weight excluding hydrogens is 557 g/mol. The molecule has 1 aromatic heterocycles. The van der Waals surface area contributed by atoms with Crippen molar-refractivity contribution in [1.29, 1.82) is 0 Å². The number of aliphatic hydroxyl groups excluding tert-OH is 1. The highest BCUT2D eigenvalue weighted by Crippen LogP contribution is 2.56. The molecule has 5 atom stereocenters. The lowest BCUT2D eigenvalue weighted by atomic mass is 9.70. The number of nitrogens with one attached hydrogen (secondary N) is 1. The van der Waals surface area contributed by atoms with E-state index in [0.29, 0.717) is 12.8 Å². The maximum Gasteiger partial charge on any atom is 0.255 e. The van der Waals surface area contributed by atoms with Crippen LogP contribution in [0.25, 0.3) is 0 Å². The molecule has 2 saturated carbocycles. The topological polar surface area (TPSA) is 117 Å². The van der Waals surface area contributed by atoms with Crippen molar-refractivity contribution in [3.05, 3.63) is 88.5 Å². The van der Waals surface area contributed by atoms with E-state index in [9.17, 15) is 36.6 Å². The first-order valence-electron chi connectivity index (χ1n) is 12.2. The summed E-state index contributed by atoms with van der Waals surface area (Å²) in [4.78, 5) is 16.4. The Labute approximate surface area is 227 Å². The molecule has 7 nitrogen and oxygen atoms in total. The Morgan fingerprint density at radius 1 is 1.03 bits per heavy atom. The Morgan fingerprint density at radius 3 is 2.36 bits per heavy atom. The third-order valence-corrected chi connectivity index (χ3v) is 10.5. The van der Waals surface area contributed by atoms with Crippen LogP contribution in [0, 0.1) is 29.3 Å². The van der Waals surface area contributed by atoms with Gasteiger partial charge in [-0.25, -0.2) is 21.6 Å². The van der Waals surface area contributed by atoms with Crippen molar-refractivity contribution in [2.24, 2.45) is 11.8 Å². The van der Waals surface area contributed by atoms with E-state index in [2.05, 4.69) is 10.3 Å². The zero-order chi connectivity index (χ0) is 28.1. The van der Waals surface area contributed by atoms with Gasteiger partial charge in [-0.2, -0.15) is 0 Å². The number of hydrogen-bond donors (Lipinski definition) is 3. The Morgan fingerprint density at radius 2 is 1.72 bits per heavy atom. The molecule has 5 rings (SSSR count). The number of pyridine rings is 1. The number of amides is 1. The Balaban J connectivity index is 1.39. The number of rotatable bonds is 6. The number of carbonyl (C=O) groups is 1. The second-order valence-corrected chi connectivity index (χ2v) is 12.6. The van der Waals surface area contributed by atoms with Gasteiger partial charge in [0.2, 0.25) is 0 Å². The fraction of sp³-hybridized carbons (Fsp3) is 0.333. The second kappa shape index (κ2) is 10.2. The predicted molar refractivity (Wildman–Crippen MR) is 136 cm³/mol. The van der Waals surface area contributed by atoms with Crippen molar-refractivity contribution in [1.82, 2.24) is 4.98 Å². The number of halogens is 4. The van der Waals surface area contributed by atoms with E-state index in [1.807, 2.05) is 0 Å². The highest BCUT2D eigenvalue weighted by molar-refractivity contribution is 7.92. The first-order chi connectivity index (χ1) is 18.4. The van der Waals surface area contributed by atoms with Gasteiger partial charge in [0.05, 0.1) is 15.2 Å². The summed E-state index contributed by atoms with van der Waals surface area (Å²) in [5, 5.41) is 23.8. The summed E-state index contributed by atoms with van der Waals surface area (Å²) in [6.45, 7) is 0. The van der Waals surface area contributed by atoms with Crippen LogP contribution in [0.2, 0.25) is 5.02 Å². The lowest BCUT2D eigenvalue weighted by Gasteiger charge is -2.45. The number of fused-ring (bicyclic) bond motifs is 2. The molecule has 1 amide bonds. The molecule has 0 spiro atoms. The molecule has 0 saturated heterocycles. The standard InChI is InChI=1S/C27H24ClF3N2O5S/c28-19-7-3-14(26(35)33-17-6-8-20(29)22(31)13-17)10-23(19)39(37,38)18-11-15-4-5-16(12-18)27(15,36)25(34)24-21(30)2-1-9-32-24/h1-3,6-10,13,15-16,18,25,34,36H,4-5,11-12H2,(H,33,35)/t15-,16?,18?,25?,27?/m0/s1. The predicted octanol–water partition coefficient (Wildman–Crippen LogP) is 4.83. The molecule has 2 fully saturated rings. The van der Waals surface area contributed by atoms with Crippen LogP contribution in [0.3, 0.4) is 0 Å². The van der Waals surface area contributed by atoms with Crippen LogP contribution in [-0.2, 0) is 9.84 Å². The van der Waals surface area contributed by atoms with Gasteiger partial charge >= 0.3 is 0 Å². The molecule has 3 aromatic rings. The van der Waals surface area contributed by atoms with Crippen LogP contribution >= 0.6 is 11.6 Å². The number of hydrogen-bond acceptors (Lipinski definition) is 6. The first kappa shape index (κ1) is 27.6. The van der Waals surface area contributed by atoms with Gasteiger partial charge in [0.15, 0.2) is 21.5 Å². The molecule has 206 valence electrons. The molecule has 2 aliphatic carbocycles. The van der Waals surface area contributed by atoms with Gasteiger partial charge in [-0.05, 0) is 80.0 Å². The Bertz CT molecular complexity index is 1540. The summed E-state index contributed by atoms with van der Waals surface area (Å²) in [5.74, 6) is -5.06. The molecule has 4 unspecified atom stereocenters. The number of sulfone groups is 1. The van der Waals surface area contributed by atoms with E-state index in [0.717, 1.165) is 30.3 Å². The zero-order valence-electron chi connectivity index (χ0n) is 20.3. The quantitative estimate of drug-likeness (QED) is 0.384. The summed E-state index contributed by atoms with van der Waals surface area (Å²) in [6.07, 6.45) is 0.518. The summed E-state index contributed by atoms with van der Waals surface area (Å²) >= 11 is 6.25. The third-order valence-electron chi connectivity index (χ3n) is 7.87. The minimum Gasteiger partial charge on any atom is -0.386 e. The van der Waals surface area contributed by atoms with Crippen LogP contribution < -0.4 is 5.32 Å². The number of nitrogens with zero attached hydrogens (tertiary/aromatic N) is 1. The van der Waals surface area contributed by atoms with Gasteiger partial charge in [-0.3, -0.25) is 9.78 Å². The van der Waals surface area contributed by atoms with E-state index in [4.69, 9.17) is 11.6 Å². The van der Waals surface area contributed by atoms with Gasteiger partial charge in [0, 0.05) is 23.5 Å². The molecule has 0 radical (unpaired) electrons. The van der Waals surface area contributed by atoms with Crippen molar-refractivity contribution >= 4 is 33.0 Å². The molecule has 1 heterocycles. The lowest BCUT2D eigenvalue weighted by Crippen LogP contribution is -2.52. The van der Waals surface area contributed by atoms with Crippen LogP contribution in [0.4, 0.5) is 18.9 Å². The minimum atomic E-state index is -4.11. The summed E-state index contributed by atoms with van der Waals surface area (Å²) in [5.41, 5.74) is -2.14. The van der Waals surface area contributed by atoms with Crippen molar-refractivity contribution in [2.45, 2.75) is 47.5 Å². The van der Waals surface area contributed by atoms with E-state index >= 15 is 0 Å². The molecule has 0 aliphatic heterocycles. The van der Waals surface area contributed by atoms with Gasteiger partial charge in [0.25, 0.3) is 5.91 Å². The van der Waals surface area contributed by atoms with Gasteiger partial charge in [0.1, 0.15) is 23.2 Å². The molecule has 2 aliphatic rings. The maximum atomic E-state index is 14.3. The van der Waals surface area contributed by atoms with Crippen LogP contribution in [0.1, 0.15) is 47.8 Å². The number of carbonyl (C=O) groups excluding carboxylic acids is 1. The average molecular weight is 581 g/mol. The van der Waals surface area contributed by atoms with E-state index in [1.165, 1.54) is 24.4 Å². The van der Waals surface area contributed by atoms with Crippen molar-refractivity contribution in [3.8, 4) is 0 Å². The molecule has 2 bridgehead atoms.